The molecule has 8 atom stereocenters. The van der Waals surface area contributed by atoms with Gasteiger partial charge >= 0.3 is 6.18 Å². The van der Waals surface area contributed by atoms with E-state index in [0.717, 1.165) is 0 Å². The Morgan fingerprint density at radius 2 is 1.94 bits per heavy atom. The molecule has 2 saturated heterocycles. The Bertz CT molecular complexity index is 583. The summed E-state index contributed by atoms with van der Waals surface area (Å²) in [5.41, 5.74) is -0.763. The van der Waals surface area contributed by atoms with Crippen molar-refractivity contribution in [3.63, 3.8) is 0 Å². The Balaban J connectivity index is 1.98. The summed E-state index contributed by atoms with van der Waals surface area (Å²) in [4.78, 5) is 12.9. The summed E-state index contributed by atoms with van der Waals surface area (Å²) in [6, 6.07) is -1.33. The van der Waals surface area contributed by atoms with E-state index in [9.17, 15) is 33.3 Å². The molecule has 0 spiro atoms. The number of alkyl halides is 3. The van der Waals surface area contributed by atoms with Crippen LogP contribution in [0.4, 0.5) is 13.2 Å². The number of amides is 1. The van der Waals surface area contributed by atoms with E-state index in [4.69, 9.17) is 9.47 Å². The predicted molar refractivity (Wildman–Crippen MR) is 108 cm³/mol. The Hall–Kier alpha value is -0.630. The average molecular weight is 475 g/mol. The van der Waals surface area contributed by atoms with Crippen molar-refractivity contribution >= 4 is 17.7 Å². The molecule has 31 heavy (non-hydrogen) atoms. The van der Waals surface area contributed by atoms with E-state index in [2.05, 4.69) is 10.6 Å². The van der Waals surface area contributed by atoms with Gasteiger partial charge in [0.1, 0.15) is 29.9 Å². The van der Waals surface area contributed by atoms with Crippen LogP contribution in [0.1, 0.15) is 33.1 Å². The Morgan fingerprint density at radius 1 is 1.26 bits per heavy atom. The molecule has 182 valence electrons. The molecule has 12 heteroatoms. The summed E-state index contributed by atoms with van der Waals surface area (Å²) >= 11 is 1.18. The molecule has 0 aromatic carbocycles. The van der Waals surface area contributed by atoms with Crippen LogP contribution in [-0.4, -0.2) is 94.8 Å². The molecule has 0 saturated carbocycles. The van der Waals surface area contributed by atoms with Crippen molar-refractivity contribution in [3.8, 4) is 0 Å². The summed E-state index contributed by atoms with van der Waals surface area (Å²) in [6.07, 6.45) is -8.41. The number of carbonyl (C=O) groups excluding carboxylic acids is 1. The molecule has 0 radical (unpaired) electrons. The second-order valence-electron chi connectivity index (χ2n) is 8.34. The number of piperidine rings is 1. The third kappa shape index (κ3) is 7.44. The Labute approximate surface area is 184 Å². The van der Waals surface area contributed by atoms with Gasteiger partial charge in [-0.15, -0.1) is 11.8 Å². The number of aliphatic hydroxyl groups is 3. The van der Waals surface area contributed by atoms with E-state index in [1.54, 1.807) is 6.26 Å². The summed E-state index contributed by atoms with van der Waals surface area (Å²) in [5, 5.41) is 36.6. The topological polar surface area (TPSA) is 120 Å². The summed E-state index contributed by atoms with van der Waals surface area (Å²) in [7, 11) is 0. The maximum absolute atomic E-state index is 12.9. The number of hydrogen-bond acceptors (Lipinski definition) is 8. The molecular weight excluding hydrogens is 441 g/mol. The number of nitrogens with one attached hydrogen (secondary N) is 2. The average Bonchev–Trinajstić information content (AvgIpc) is 2.70. The van der Waals surface area contributed by atoms with Gasteiger partial charge < -0.3 is 35.4 Å². The molecule has 2 aliphatic heterocycles. The highest BCUT2D eigenvalue weighted by molar-refractivity contribution is 7.99. The predicted octanol–water partition coefficient (Wildman–Crippen LogP) is 0.387. The van der Waals surface area contributed by atoms with E-state index in [-0.39, 0.29) is 18.2 Å². The molecule has 2 heterocycles. The van der Waals surface area contributed by atoms with Crippen LogP contribution in [-0.2, 0) is 14.3 Å². The molecule has 8 nitrogen and oxygen atoms in total. The summed E-state index contributed by atoms with van der Waals surface area (Å²) in [6.45, 7) is 3.62. The van der Waals surface area contributed by atoms with Gasteiger partial charge in [-0.05, 0) is 31.6 Å². The standard InChI is InChI=1S/C19H33F3N2O6S/c1-9(2)12(16-14(26)13(25)15(27)18(30-16)31-3)24-17(28)11-8-10(4-6-23-11)29-7-5-19(20,21)22/h9-16,18,23,25-27H,4-8H2,1-3H3,(H,24,28)/t10-,11+,12-,13+,14-,15-,16-,18-/m1/s1. The minimum absolute atomic E-state index is 0.170. The number of ether oxygens (including phenoxy) is 2. The lowest BCUT2D eigenvalue weighted by Gasteiger charge is -2.44. The van der Waals surface area contributed by atoms with Crippen LogP contribution in [0.25, 0.3) is 0 Å². The Kier molecular flexibility index (Phi) is 9.86. The van der Waals surface area contributed by atoms with Crippen molar-refractivity contribution in [2.75, 3.05) is 19.4 Å². The third-order valence-electron chi connectivity index (χ3n) is 5.63. The molecule has 2 fully saturated rings. The molecule has 0 aromatic rings. The number of thioether (sulfide) groups is 1. The highest BCUT2D eigenvalue weighted by Crippen LogP contribution is 2.30. The molecule has 0 aromatic heterocycles. The van der Waals surface area contributed by atoms with Gasteiger partial charge in [0.2, 0.25) is 5.91 Å². The maximum Gasteiger partial charge on any atom is 0.391 e. The third-order valence-corrected chi connectivity index (χ3v) is 6.49. The Morgan fingerprint density at radius 3 is 2.52 bits per heavy atom. The van der Waals surface area contributed by atoms with Crippen LogP contribution >= 0.6 is 11.8 Å². The van der Waals surface area contributed by atoms with Crippen LogP contribution in [0.2, 0.25) is 0 Å². The summed E-state index contributed by atoms with van der Waals surface area (Å²) < 4.78 is 48.1. The van der Waals surface area contributed by atoms with Crippen molar-refractivity contribution in [1.29, 1.82) is 0 Å². The van der Waals surface area contributed by atoms with Gasteiger partial charge in [0, 0.05) is 0 Å². The zero-order valence-corrected chi connectivity index (χ0v) is 18.7. The number of rotatable bonds is 8. The van der Waals surface area contributed by atoms with Gasteiger partial charge in [-0.2, -0.15) is 13.2 Å². The molecule has 1 amide bonds. The lowest BCUT2D eigenvalue weighted by Crippen LogP contribution is -2.65. The van der Waals surface area contributed by atoms with E-state index in [0.29, 0.717) is 13.0 Å². The van der Waals surface area contributed by atoms with Crippen LogP contribution in [0.5, 0.6) is 0 Å². The summed E-state index contributed by atoms with van der Waals surface area (Å²) in [5.74, 6) is -0.559. The highest BCUT2D eigenvalue weighted by atomic mass is 32.2. The zero-order chi connectivity index (χ0) is 23.3. The van der Waals surface area contributed by atoms with Crippen LogP contribution in [0.3, 0.4) is 0 Å². The molecular formula is C19H33F3N2O6S. The minimum atomic E-state index is -4.29. The zero-order valence-electron chi connectivity index (χ0n) is 17.8. The van der Waals surface area contributed by atoms with Gasteiger partial charge in [-0.25, -0.2) is 0 Å². The largest absolute Gasteiger partial charge is 0.391 e. The number of hydrogen-bond donors (Lipinski definition) is 5. The van der Waals surface area contributed by atoms with Gasteiger partial charge in [-0.1, -0.05) is 13.8 Å². The molecule has 0 unspecified atom stereocenters. The van der Waals surface area contributed by atoms with Crippen LogP contribution in [0.15, 0.2) is 0 Å². The SMILES string of the molecule is CS[C@H]1O[C@H]([C@H](NC(=O)[C@@H]2C[C@H](OCCC(F)(F)F)CCN2)C(C)C)[C@H](O)[C@H](O)[C@H]1O. The quantitative estimate of drug-likeness (QED) is 0.343. The van der Waals surface area contributed by atoms with E-state index < -0.39 is 67.2 Å². The maximum atomic E-state index is 12.9. The second kappa shape index (κ2) is 11.5. The first-order valence-corrected chi connectivity index (χ1v) is 11.7. The van der Waals surface area contributed by atoms with Gasteiger partial charge in [-0.3, -0.25) is 4.79 Å². The minimum Gasteiger partial charge on any atom is -0.388 e. The van der Waals surface area contributed by atoms with E-state index in [1.807, 2.05) is 13.8 Å². The molecule has 0 aliphatic carbocycles. The van der Waals surface area contributed by atoms with Crippen LogP contribution in [0, 0.1) is 5.92 Å². The fourth-order valence-corrected chi connectivity index (χ4v) is 4.51. The van der Waals surface area contributed by atoms with Gasteiger partial charge in [0.25, 0.3) is 0 Å². The lowest BCUT2D eigenvalue weighted by molar-refractivity contribution is -0.208. The molecule has 0 bridgehead atoms. The number of carbonyl (C=O) groups is 1. The monoisotopic (exact) mass is 474 g/mol. The lowest BCUT2D eigenvalue weighted by atomic mass is 9.88. The van der Waals surface area contributed by atoms with E-state index >= 15 is 0 Å². The van der Waals surface area contributed by atoms with Crippen molar-refractivity contribution < 1.29 is 42.8 Å². The number of aliphatic hydroxyl groups excluding tert-OH is 3. The first-order valence-electron chi connectivity index (χ1n) is 10.4. The normalized spacial score (nSPS) is 35.7. The van der Waals surface area contributed by atoms with Crippen molar-refractivity contribution in [2.45, 2.75) is 87.3 Å². The second-order valence-corrected chi connectivity index (χ2v) is 9.28. The smallest absolute Gasteiger partial charge is 0.388 e. The number of halogens is 3. The highest BCUT2D eigenvalue weighted by Gasteiger charge is 2.47. The van der Waals surface area contributed by atoms with Crippen LogP contribution < -0.4 is 10.6 Å². The molecule has 5 N–H and O–H groups in total. The first-order chi connectivity index (χ1) is 14.4. The van der Waals surface area contributed by atoms with Crippen molar-refractivity contribution in [2.24, 2.45) is 5.92 Å². The first kappa shape index (κ1) is 26.6. The van der Waals surface area contributed by atoms with Crippen molar-refractivity contribution in [1.82, 2.24) is 10.6 Å². The molecule has 2 rings (SSSR count). The van der Waals surface area contributed by atoms with E-state index in [1.165, 1.54) is 11.8 Å². The van der Waals surface area contributed by atoms with Crippen molar-refractivity contribution in [3.05, 3.63) is 0 Å². The van der Waals surface area contributed by atoms with Gasteiger partial charge in [0.05, 0.1) is 31.2 Å². The fourth-order valence-electron chi connectivity index (χ4n) is 3.83. The fraction of sp³-hybridized carbons (Fsp3) is 0.947. The molecule has 2 aliphatic rings. The van der Waals surface area contributed by atoms with Gasteiger partial charge in [0.15, 0.2) is 0 Å².